The van der Waals surface area contributed by atoms with Crippen LogP contribution in [0.5, 0.6) is 11.5 Å². The van der Waals surface area contributed by atoms with Crippen molar-refractivity contribution < 1.29 is 14.3 Å². The van der Waals surface area contributed by atoms with Crippen LogP contribution in [0, 0.1) is 0 Å². The Morgan fingerprint density at radius 2 is 2.06 bits per heavy atom. The molecule has 0 atom stereocenters. The Balaban J connectivity index is 2.78. The van der Waals surface area contributed by atoms with Crippen molar-refractivity contribution in [3.63, 3.8) is 0 Å². The van der Waals surface area contributed by atoms with Crippen molar-refractivity contribution in [3.05, 3.63) is 23.8 Å². The van der Waals surface area contributed by atoms with Gasteiger partial charge in [-0.3, -0.25) is 0 Å². The van der Waals surface area contributed by atoms with Crippen LogP contribution in [-0.2, 0) is 6.54 Å². The van der Waals surface area contributed by atoms with Crippen molar-refractivity contribution in [2.24, 2.45) is 0 Å². The van der Waals surface area contributed by atoms with Crippen molar-refractivity contribution in [2.45, 2.75) is 6.54 Å². The zero-order valence-electron chi connectivity index (χ0n) is 9.66. The fourth-order valence-corrected chi connectivity index (χ4v) is 1.28. The van der Waals surface area contributed by atoms with E-state index in [0.29, 0.717) is 6.54 Å². The first-order valence-electron chi connectivity index (χ1n) is 4.87. The fourth-order valence-electron chi connectivity index (χ4n) is 1.28. The van der Waals surface area contributed by atoms with E-state index in [2.05, 4.69) is 10.6 Å². The molecule has 0 saturated heterocycles. The molecule has 0 aliphatic rings. The monoisotopic (exact) mass is 224 g/mol. The van der Waals surface area contributed by atoms with Crippen LogP contribution in [0.1, 0.15) is 5.56 Å². The topological polar surface area (TPSA) is 59.6 Å². The molecule has 0 fully saturated rings. The summed E-state index contributed by atoms with van der Waals surface area (Å²) in [6, 6.07) is 5.21. The summed E-state index contributed by atoms with van der Waals surface area (Å²) in [5.74, 6) is 1.45. The fraction of sp³-hybridized carbons (Fsp3) is 0.364. The zero-order chi connectivity index (χ0) is 12.0. The molecule has 0 heterocycles. The Kier molecular flexibility index (Phi) is 4.44. The van der Waals surface area contributed by atoms with Crippen molar-refractivity contribution in [1.82, 2.24) is 10.6 Å². The second kappa shape index (κ2) is 5.85. The lowest BCUT2D eigenvalue weighted by Gasteiger charge is -2.11. The lowest BCUT2D eigenvalue weighted by Crippen LogP contribution is -2.32. The Bertz CT molecular complexity index is 366. The molecule has 1 aromatic rings. The predicted octanol–water partition coefficient (Wildman–Crippen LogP) is 1.13. The Hall–Kier alpha value is -1.91. The van der Waals surface area contributed by atoms with Gasteiger partial charge in [-0.05, 0) is 18.2 Å². The van der Waals surface area contributed by atoms with Crippen LogP contribution in [-0.4, -0.2) is 27.3 Å². The third-order valence-corrected chi connectivity index (χ3v) is 2.15. The smallest absolute Gasteiger partial charge is 0.314 e. The minimum atomic E-state index is -0.232. The molecule has 0 radical (unpaired) electrons. The standard InChI is InChI=1S/C11H16N2O3/c1-12-11(14)13-7-8-6-9(15-2)4-5-10(8)16-3/h4-6H,7H2,1-3H3,(H2,12,13,14). The zero-order valence-corrected chi connectivity index (χ0v) is 9.66. The van der Waals surface area contributed by atoms with Gasteiger partial charge in [0.15, 0.2) is 0 Å². The second-order valence-electron chi connectivity index (χ2n) is 3.11. The summed E-state index contributed by atoms with van der Waals surface area (Å²) in [6.07, 6.45) is 0. The Morgan fingerprint density at radius 1 is 1.31 bits per heavy atom. The molecular formula is C11H16N2O3. The summed E-state index contributed by atoms with van der Waals surface area (Å²) in [7, 11) is 4.75. The maximum absolute atomic E-state index is 11.0. The lowest BCUT2D eigenvalue weighted by atomic mass is 10.2. The highest BCUT2D eigenvalue weighted by Gasteiger charge is 2.06. The van der Waals surface area contributed by atoms with E-state index in [1.54, 1.807) is 27.3 Å². The van der Waals surface area contributed by atoms with Gasteiger partial charge in [0, 0.05) is 19.2 Å². The maximum atomic E-state index is 11.0. The first-order valence-corrected chi connectivity index (χ1v) is 4.87. The van der Waals surface area contributed by atoms with E-state index in [1.165, 1.54) is 0 Å². The Morgan fingerprint density at radius 3 is 2.62 bits per heavy atom. The number of methoxy groups -OCH3 is 2. The molecular weight excluding hydrogens is 208 g/mol. The molecule has 0 saturated carbocycles. The normalized spacial score (nSPS) is 9.44. The van der Waals surface area contributed by atoms with Crippen molar-refractivity contribution in [2.75, 3.05) is 21.3 Å². The average Bonchev–Trinajstić information content (AvgIpc) is 2.35. The SMILES string of the molecule is CNC(=O)NCc1cc(OC)ccc1OC. The molecule has 16 heavy (non-hydrogen) atoms. The molecule has 5 nitrogen and oxygen atoms in total. The van der Waals surface area contributed by atoms with Gasteiger partial charge < -0.3 is 20.1 Å². The third-order valence-electron chi connectivity index (χ3n) is 2.15. The van der Waals surface area contributed by atoms with Gasteiger partial charge in [-0.1, -0.05) is 0 Å². The molecule has 2 amide bonds. The number of hydrogen-bond acceptors (Lipinski definition) is 3. The minimum Gasteiger partial charge on any atom is -0.497 e. The van der Waals surface area contributed by atoms with Gasteiger partial charge >= 0.3 is 6.03 Å². The van der Waals surface area contributed by atoms with Gasteiger partial charge in [0.25, 0.3) is 0 Å². The van der Waals surface area contributed by atoms with E-state index < -0.39 is 0 Å². The summed E-state index contributed by atoms with van der Waals surface area (Å²) in [5, 5.41) is 5.17. The number of benzene rings is 1. The predicted molar refractivity (Wildman–Crippen MR) is 60.8 cm³/mol. The van der Waals surface area contributed by atoms with E-state index in [1.807, 2.05) is 12.1 Å². The number of carbonyl (C=O) groups excluding carboxylic acids is 1. The van der Waals surface area contributed by atoms with Crippen molar-refractivity contribution in [3.8, 4) is 11.5 Å². The highest BCUT2D eigenvalue weighted by molar-refractivity contribution is 5.73. The van der Waals surface area contributed by atoms with Gasteiger partial charge in [0.1, 0.15) is 11.5 Å². The molecule has 1 aromatic carbocycles. The summed E-state index contributed by atoms with van der Waals surface area (Å²) in [4.78, 5) is 11.0. The summed E-state index contributed by atoms with van der Waals surface area (Å²) in [6.45, 7) is 0.389. The van der Waals surface area contributed by atoms with E-state index in [4.69, 9.17) is 9.47 Å². The van der Waals surface area contributed by atoms with Crippen LogP contribution in [0.15, 0.2) is 18.2 Å². The summed E-state index contributed by atoms with van der Waals surface area (Å²) in [5.41, 5.74) is 0.866. The highest BCUT2D eigenvalue weighted by Crippen LogP contribution is 2.23. The number of amides is 2. The van der Waals surface area contributed by atoms with Gasteiger partial charge in [-0.2, -0.15) is 0 Å². The molecule has 0 unspecified atom stereocenters. The van der Waals surface area contributed by atoms with Crippen LogP contribution in [0.4, 0.5) is 4.79 Å². The first-order chi connectivity index (χ1) is 7.71. The number of urea groups is 1. The van der Waals surface area contributed by atoms with E-state index >= 15 is 0 Å². The largest absolute Gasteiger partial charge is 0.497 e. The number of nitrogens with one attached hydrogen (secondary N) is 2. The quantitative estimate of drug-likeness (QED) is 0.806. The number of hydrogen-bond donors (Lipinski definition) is 2. The number of rotatable bonds is 4. The molecule has 0 aromatic heterocycles. The Labute approximate surface area is 94.7 Å². The average molecular weight is 224 g/mol. The molecule has 0 bridgehead atoms. The molecule has 0 aliphatic heterocycles. The van der Waals surface area contributed by atoms with Gasteiger partial charge in [0.05, 0.1) is 14.2 Å². The van der Waals surface area contributed by atoms with E-state index in [-0.39, 0.29) is 6.03 Å². The molecule has 2 N–H and O–H groups in total. The molecule has 1 rings (SSSR count). The highest BCUT2D eigenvalue weighted by atomic mass is 16.5. The van der Waals surface area contributed by atoms with Gasteiger partial charge in [-0.25, -0.2) is 4.79 Å². The van der Waals surface area contributed by atoms with E-state index in [0.717, 1.165) is 17.1 Å². The van der Waals surface area contributed by atoms with Gasteiger partial charge in [-0.15, -0.1) is 0 Å². The van der Waals surface area contributed by atoms with Crippen LogP contribution in [0.2, 0.25) is 0 Å². The third kappa shape index (κ3) is 3.05. The van der Waals surface area contributed by atoms with Gasteiger partial charge in [0.2, 0.25) is 0 Å². The molecule has 0 spiro atoms. The summed E-state index contributed by atoms with van der Waals surface area (Å²) >= 11 is 0. The minimum absolute atomic E-state index is 0.232. The lowest BCUT2D eigenvalue weighted by molar-refractivity contribution is 0.242. The van der Waals surface area contributed by atoms with Crippen molar-refractivity contribution in [1.29, 1.82) is 0 Å². The van der Waals surface area contributed by atoms with Crippen LogP contribution < -0.4 is 20.1 Å². The van der Waals surface area contributed by atoms with Crippen molar-refractivity contribution >= 4 is 6.03 Å². The summed E-state index contributed by atoms with van der Waals surface area (Å²) < 4.78 is 10.3. The van der Waals surface area contributed by atoms with E-state index in [9.17, 15) is 4.79 Å². The van der Waals surface area contributed by atoms with Crippen LogP contribution >= 0.6 is 0 Å². The molecule has 0 aliphatic carbocycles. The molecule has 5 heteroatoms. The first kappa shape index (κ1) is 12.2. The second-order valence-corrected chi connectivity index (χ2v) is 3.11. The van der Waals surface area contributed by atoms with Crippen LogP contribution in [0.3, 0.4) is 0 Å². The van der Waals surface area contributed by atoms with Crippen LogP contribution in [0.25, 0.3) is 0 Å². The molecule has 88 valence electrons. The maximum Gasteiger partial charge on any atom is 0.314 e. The number of ether oxygens (including phenoxy) is 2. The number of carbonyl (C=O) groups is 1.